The molecule has 0 N–H and O–H groups in total. The van der Waals surface area contributed by atoms with Crippen molar-refractivity contribution in [3.63, 3.8) is 0 Å². The van der Waals surface area contributed by atoms with Crippen molar-refractivity contribution in [3.05, 3.63) is 35.9 Å². The minimum Gasteiger partial charge on any atom is -0.459 e. The molecule has 0 aliphatic carbocycles. The Balaban J connectivity index is 3.13. The number of carbonyl (C=O) groups is 4. The highest BCUT2D eigenvalue weighted by molar-refractivity contribution is 5.74. The van der Waals surface area contributed by atoms with Gasteiger partial charge in [0.05, 0.1) is 6.21 Å². The predicted octanol–water partition coefficient (Wildman–Crippen LogP) is 1.94. The largest absolute Gasteiger partial charge is 0.459 e. The topological polar surface area (TPSA) is 127 Å². The molecule has 0 aliphatic heterocycles. The molecule has 10 nitrogen and oxygen atoms in total. The number of oxime groups is 1. The molecule has 0 heterocycles. The minimum absolute atomic E-state index is 0.138. The van der Waals surface area contributed by atoms with Crippen LogP contribution < -0.4 is 0 Å². The Labute approximate surface area is 180 Å². The molecule has 0 aliphatic rings. The average molecular weight is 437 g/mol. The first kappa shape index (κ1) is 25.6. The molecule has 10 heteroatoms. The molecule has 0 saturated carbocycles. The third-order valence-corrected chi connectivity index (χ3v) is 3.72. The van der Waals surface area contributed by atoms with Gasteiger partial charge in [-0.3, -0.25) is 19.2 Å². The van der Waals surface area contributed by atoms with E-state index in [9.17, 15) is 19.2 Å². The molecule has 0 bridgehead atoms. The van der Waals surface area contributed by atoms with E-state index in [1.807, 2.05) is 30.3 Å². The lowest BCUT2D eigenvalue weighted by atomic mass is 10.0. The van der Waals surface area contributed by atoms with E-state index in [0.717, 1.165) is 32.5 Å². The van der Waals surface area contributed by atoms with Crippen LogP contribution in [0.4, 0.5) is 0 Å². The molecule has 4 unspecified atom stereocenters. The summed E-state index contributed by atoms with van der Waals surface area (Å²) in [4.78, 5) is 51.6. The minimum atomic E-state index is -1.36. The highest BCUT2D eigenvalue weighted by Crippen LogP contribution is 2.19. The number of ether oxygens (including phenoxy) is 4. The van der Waals surface area contributed by atoms with Gasteiger partial charge in [-0.05, 0) is 12.5 Å². The molecule has 0 saturated heterocycles. The van der Waals surface area contributed by atoms with E-state index in [2.05, 4.69) is 5.16 Å². The Morgan fingerprint density at radius 1 is 0.806 bits per heavy atom. The summed E-state index contributed by atoms with van der Waals surface area (Å²) in [6.07, 6.45) is -3.85. The Kier molecular flexibility index (Phi) is 10.7. The van der Waals surface area contributed by atoms with Crippen molar-refractivity contribution in [2.75, 3.05) is 0 Å². The van der Waals surface area contributed by atoms with Crippen LogP contribution in [0.3, 0.4) is 0 Å². The van der Waals surface area contributed by atoms with E-state index in [-0.39, 0.29) is 6.61 Å². The number of hydrogen-bond donors (Lipinski definition) is 0. The molecular formula is C21H27NO9. The second-order valence-electron chi connectivity index (χ2n) is 6.55. The molecule has 31 heavy (non-hydrogen) atoms. The summed E-state index contributed by atoms with van der Waals surface area (Å²) in [5.41, 5.74) is 0.849. The SMILES string of the molecule is CC(=O)OC(C)C(OC(C)=O)C(OC(C)=O)C(C=NOCc1ccccc1)OC(C)=O. The van der Waals surface area contributed by atoms with E-state index in [4.69, 9.17) is 23.8 Å². The molecule has 0 fully saturated rings. The van der Waals surface area contributed by atoms with Crippen LogP contribution in [0.2, 0.25) is 0 Å². The molecular weight excluding hydrogens is 410 g/mol. The van der Waals surface area contributed by atoms with E-state index in [1.54, 1.807) is 0 Å². The summed E-state index contributed by atoms with van der Waals surface area (Å²) in [6, 6.07) is 9.19. The van der Waals surface area contributed by atoms with Gasteiger partial charge in [-0.15, -0.1) is 0 Å². The van der Waals surface area contributed by atoms with E-state index >= 15 is 0 Å². The van der Waals surface area contributed by atoms with Crippen molar-refractivity contribution in [2.45, 2.75) is 65.6 Å². The average Bonchev–Trinajstić information content (AvgIpc) is 2.66. The molecule has 1 aromatic rings. The van der Waals surface area contributed by atoms with Crippen molar-refractivity contribution in [1.29, 1.82) is 0 Å². The van der Waals surface area contributed by atoms with Crippen LogP contribution in [0.5, 0.6) is 0 Å². The van der Waals surface area contributed by atoms with Crippen LogP contribution in [0.15, 0.2) is 35.5 Å². The zero-order valence-electron chi connectivity index (χ0n) is 18.1. The summed E-state index contributed by atoms with van der Waals surface area (Å²) in [6.45, 7) is 6.16. The van der Waals surface area contributed by atoms with Gasteiger partial charge >= 0.3 is 23.9 Å². The summed E-state index contributed by atoms with van der Waals surface area (Å²) in [5.74, 6) is -2.82. The molecule has 1 aromatic carbocycles. The van der Waals surface area contributed by atoms with Crippen LogP contribution in [0, 0.1) is 0 Å². The van der Waals surface area contributed by atoms with Gasteiger partial charge in [0.2, 0.25) is 0 Å². The number of benzene rings is 1. The zero-order chi connectivity index (χ0) is 23.4. The first-order valence-electron chi connectivity index (χ1n) is 9.48. The van der Waals surface area contributed by atoms with Gasteiger partial charge in [0.25, 0.3) is 0 Å². The lowest BCUT2D eigenvalue weighted by Crippen LogP contribution is -2.51. The molecule has 0 aromatic heterocycles. The van der Waals surface area contributed by atoms with Gasteiger partial charge in [-0.1, -0.05) is 35.5 Å². The van der Waals surface area contributed by atoms with Crippen molar-refractivity contribution in [2.24, 2.45) is 5.16 Å². The van der Waals surface area contributed by atoms with Crippen molar-refractivity contribution < 1.29 is 43.0 Å². The second-order valence-corrected chi connectivity index (χ2v) is 6.55. The van der Waals surface area contributed by atoms with Crippen molar-refractivity contribution >= 4 is 30.1 Å². The zero-order valence-corrected chi connectivity index (χ0v) is 18.1. The fraction of sp³-hybridized carbons (Fsp3) is 0.476. The molecule has 0 amide bonds. The smallest absolute Gasteiger partial charge is 0.303 e. The molecule has 170 valence electrons. The van der Waals surface area contributed by atoms with Gasteiger partial charge in [0, 0.05) is 27.7 Å². The van der Waals surface area contributed by atoms with Crippen LogP contribution in [-0.2, 0) is 49.6 Å². The second kappa shape index (κ2) is 13.0. The van der Waals surface area contributed by atoms with Gasteiger partial charge in [0.15, 0.2) is 18.3 Å². The normalized spacial score (nSPS) is 14.6. The third kappa shape index (κ3) is 10.2. The van der Waals surface area contributed by atoms with Crippen molar-refractivity contribution in [3.8, 4) is 0 Å². The Bertz CT molecular complexity index is 778. The Morgan fingerprint density at radius 3 is 1.84 bits per heavy atom. The van der Waals surface area contributed by atoms with Crippen LogP contribution in [-0.4, -0.2) is 54.5 Å². The molecule has 0 radical (unpaired) electrons. The van der Waals surface area contributed by atoms with Crippen LogP contribution in [0.25, 0.3) is 0 Å². The van der Waals surface area contributed by atoms with Crippen LogP contribution >= 0.6 is 0 Å². The fourth-order valence-corrected chi connectivity index (χ4v) is 2.63. The summed E-state index contributed by atoms with van der Waals surface area (Å²) in [7, 11) is 0. The summed E-state index contributed by atoms with van der Waals surface area (Å²) in [5, 5.41) is 3.79. The highest BCUT2D eigenvalue weighted by atomic mass is 16.6. The fourth-order valence-electron chi connectivity index (χ4n) is 2.63. The third-order valence-electron chi connectivity index (χ3n) is 3.72. The molecule has 4 atom stereocenters. The van der Waals surface area contributed by atoms with E-state index in [0.29, 0.717) is 0 Å². The van der Waals surface area contributed by atoms with Crippen molar-refractivity contribution in [1.82, 2.24) is 0 Å². The maximum absolute atomic E-state index is 11.7. The highest BCUT2D eigenvalue weighted by Gasteiger charge is 2.41. The summed E-state index contributed by atoms with van der Waals surface area (Å²) < 4.78 is 20.8. The van der Waals surface area contributed by atoms with E-state index in [1.165, 1.54) is 13.8 Å². The first-order chi connectivity index (χ1) is 14.6. The number of esters is 4. The first-order valence-corrected chi connectivity index (χ1v) is 9.48. The van der Waals surface area contributed by atoms with Gasteiger partial charge < -0.3 is 23.8 Å². The molecule has 0 spiro atoms. The van der Waals surface area contributed by atoms with Gasteiger partial charge in [-0.2, -0.15) is 0 Å². The number of rotatable bonds is 11. The monoisotopic (exact) mass is 437 g/mol. The Morgan fingerprint density at radius 2 is 1.32 bits per heavy atom. The number of nitrogens with zero attached hydrogens (tertiary/aromatic N) is 1. The predicted molar refractivity (Wildman–Crippen MR) is 108 cm³/mol. The number of hydrogen-bond acceptors (Lipinski definition) is 10. The summed E-state index contributed by atoms with van der Waals surface area (Å²) >= 11 is 0. The Hall–Kier alpha value is -3.43. The maximum Gasteiger partial charge on any atom is 0.303 e. The quantitative estimate of drug-likeness (QED) is 0.221. The number of carbonyl (C=O) groups excluding carboxylic acids is 4. The standard InChI is InChI=1S/C21H27NO9/c1-13(28-14(2)23)20(30-16(4)25)21(31-17(5)26)19(29-15(3)24)11-22-27-12-18-9-7-6-8-10-18/h6-11,13,19-21H,12H2,1-5H3. The molecule has 1 rings (SSSR count). The van der Waals surface area contributed by atoms with Gasteiger partial charge in [-0.25, -0.2) is 0 Å². The lowest BCUT2D eigenvalue weighted by molar-refractivity contribution is -0.191. The van der Waals surface area contributed by atoms with Gasteiger partial charge in [0.1, 0.15) is 12.7 Å². The van der Waals surface area contributed by atoms with E-state index < -0.39 is 48.3 Å². The lowest BCUT2D eigenvalue weighted by Gasteiger charge is -2.32. The maximum atomic E-state index is 11.7. The van der Waals surface area contributed by atoms with Crippen LogP contribution in [0.1, 0.15) is 40.2 Å².